The van der Waals surface area contributed by atoms with E-state index in [0.717, 1.165) is 24.0 Å². The van der Waals surface area contributed by atoms with Crippen molar-refractivity contribution in [1.29, 1.82) is 0 Å². The third kappa shape index (κ3) is 7.38. The standard InChI is InChI=1S/C31H40ClN5O4/c1-20(2)19-31(23-10-5-4-6-11-23)28(39)37(29(33)36-31)26(22-14-15-22)13-8-16-34-27(38)25(35-30(40)41-3)18-21-9-7-12-24(32)17-21/h4-7,9-12,17,20,22,25-26H,8,13-16,18-19H2,1-3H3,(H2,33,36)(H,34,38)(H,35,40)/t25-,26?,31+/m0/s1. The van der Waals surface area contributed by atoms with Gasteiger partial charge in [-0.3, -0.25) is 14.5 Å². The number of aliphatic imine (C=N–C) groups is 1. The predicted octanol–water partition coefficient (Wildman–Crippen LogP) is 4.38. The predicted molar refractivity (Wildman–Crippen MR) is 159 cm³/mol. The van der Waals surface area contributed by atoms with Crippen LogP contribution >= 0.6 is 11.6 Å². The van der Waals surface area contributed by atoms with Crippen molar-refractivity contribution >= 4 is 35.5 Å². The first-order chi connectivity index (χ1) is 19.6. The van der Waals surface area contributed by atoms with E-state index in [4.69, 9.17) is 27.1 Å². The smallest absolute Gasteiger partial charge is 0.407 e. The van der Waals surface area contributed by atoms with Crippen molar-refractivity contribution in [2.45, 2.75) is 70.0 Å². The van der Waals surface area contributed by atoms with Gasteiger partial charge in [0.15, 0.2) is 11.5 Å². The molecule has 1 saturated carbocycles. The van der Waals surface area contributed by atoms with E-state index in [2.05, 4.69) is 24.5 Å². The number of nitrogens with two attached hydrogens (primary N) is 1. The maximum Gasteiger partial charge on any atom is 0.407 e. The van der Waals surface area contributed by atoms with E-state index in [-0.39, 0.29) is 36.2 Å². The number of ether oxygens (including phenoxy) is 1. The Bertz CT molecular complexity index is 1270. The zero-order valence-corrected chi connectivity index (χ0v) is 24.7. The highest BCUT2D eigenvalue weighted by Crippen LogP contribution is 2.44. The number of nitrogens with zero attached hydrogens (tertiary/aromatic N) is 2. The number of rotatable bonds is 13. The molecule has 1 fully saturated rings. The molecule has 41 heavy (non-hydrogen) atoms. The first-order valence-corrected chi connectivity index (χ1v) is 14.6. The maximum atomic E-state index is 14.1. The Kier molecular flexibility index (Phi) is 9.91. The summed E-state index contributed by atoms with van der Waals surface area (Å²) in [6.07, 6.45) is 3.51. The average molecular weight is 582 g/mol. The molecule has 3 amide bonds. The molecule has 4 N–H and O–H groups in total. The van der Waals surface area contributed by atoms with Crippen LogP contribution in [0.2, 0.25) is 5.02 Å². The largest absolute Gasteiger partial charge is 0.453 e. The zero-order valence-electron chi connectivity index (χ0n) is 23.9. The van der Waals surface area contributed by atoms with Gasteiger partial charge in [0.1, 0.15) is 6.04 Å². The summed E-state index contributed by atoms with van der Waals surface area (Å²) < 4.78 is 4.72. The van der Waals surface area contributed by atoms with E-state index < -0.39 is 17.7 Å². The van der Waals surface area contributed by atoms with Crippen molar-refractivity contribution in [2.24, 2.45) is 22.6 Å². The van der Waals surface area contributed by atoms with Gasteiger partial charge in [0.25, 0.3) is 5.91 Å². The minimum atomic E-state index is -1.02. The molecule has 0 aromatic heterocycles. The minimum absolute atomic E-state index is 0.0697. The number of guanidine groups is 1. The molecular weight excluding hydrogens is 542 g/mol. The van der Waals surface area contributed by atoms with Gasteiger partial charge in [-0.25, -0.2) is 9.79 Å². The Balaban J connectivity index is 1.41. The van der Waals surface area contributed by atoms with Crippen molar-refractivity contribution in [3.8, 4) is 0 Å². The Hall–Kier alpha value is -3.59. The normalized spacial score (nSPS) is 20.0. The van der Waals surface area contributed by atoms with Gasteiger partial charge >= 0.3 is 6.09 Å². The van der Waals surface area contributed by atoms with Crippen LogP contribution in [-0.4, -0.2) is 54.5 Å². The van der Waals surface area contributed by atoms with Crippen LogP contribution in [0.4, 0.5) is 4.79 Å². The van der Waals surface area contributed by atoms with Crippen molar-refractivity contribution in [3.05, 3.63) is 70.7 Å². The highest BCUT2D eigenvalue weighted by Gasteiger charge is 2.53. The molecule has 1 aliphatic carbocycles. The Labute approximate surface area is 246 Å². The number of alkyl carbamates (subject to hydrolysis) is 1. The Morgan fingerprint density at radius 3 is 2.54 bits per heavy atom. The summed E-state index contributed by atoms with van der Waals surface area (Å²) in [6.45, 7) is 4.55. The van der Waals surface area contributed by atoms with Crippen molar-refractivity contribution in [3.63, 3.8) is 0 Å². The number of benzene rings is 2. The molecule has 0 saturated heterocycles. The highest BCUT2D eigenvalue weighted by molar-refractivity contribution is 6.30. The molecular formula is C31H40ClN5O4. The summed E-state index contributed by atoms with van der Waals surface area (Å²) >= 11 is 6.10. The van der Waals surface area contributed by atoms with Crippen LogP contribution in [0.15, 0.2) is 59.6 Å². The topological polar surface area (TPSA) is 126 Å². The van der Waals surface area contributed by atoms with Crippen LogP contribution < -0.4 is 16.4 Å². The first-order valence-electron chi connectivity index (χ1n) is 14.3. The Morgan fingerprint density at radius 2 is 1.90 bits per heavy atom. The minimum Gasteiger partial charge on any atom is -0.453 e. The van der Waals surface area contributed by atoms with Crippen molar-refractivity contribution in [1.82, 2.24) is 15.5 Å². The summed E-state index contributed by atoms with van der Waals surface area (Å²) in [5, 5.41) is 6.09. The summed E-state index contributed by atoms with van der Waals surface area (Å²) in [7, 11) is 1.25. The molecule has 2 aliphatic rings. The third-order valence-electron chi connectivity index (χ3n) is 7.68. The lowest BCUT2D eigenvalue weighted by Crippen LogP contribution is -2.50. The zero-order chi connectivity index (χ0) is 29.6. The molecule has 9 nitrogen and oxygen atoms in total. The van der Waals surface area contributed by atoms with Crippen molar-refractivity contribution in [2.75, 3.05) is 13.7 Å². The highest BCUT2D eigenvalue weighted by atomic mass is 35.5. The van der Waals surface area contributed by atoms with E-state index in [0.29, 0.717) is 36.7 Å². The summed E-state index contributed by atoms with van der Waals surface area (Å²) in [6, 6.07) is 15.9. The summed E-state index contributed by atoms with van der Waals surface area (Å²) in [5.74, 6) is 0.468. The maximum absolute atomic E-state index is 14.1. The fourth-order valence-electron chi connectivity index (χ4n) is 5.68. The molecule has 4 rings (SSSR count). The molecule has 0 radical (unpaired) electrons. The molecule has 0 bridgehead atoms. The van der Waals surface area contributed by atoms with Gasteiger partial charge in [0.05, 0.1) is 7.11 Å². The summed E-state index contributed by atoms with van der Waals surface area (Å²) in [5.41, 5.74) is 7.13. The third-order valence-corrected chi connectivity index (χ3v) is 7.91. The van der Waals surface area contributed by atoms with E-state index in [1.54, 1.807) is 23.1 Å². The molecule has 0 spiro atoms. The van der Waals surface area contributed by atoms with Gasteiger partial charge in [-0.15, -0.1) is 0 Å². The first kappa shape index (κ1) is 30.4. The number of carbonyl (C=O) groups is 3. The molecule has 2 aromatic rings. The quantitative estimate of drug-likeness (QED) is 0.303. The Morgan fingerprint density at radius 1 is 1.17 bits per heavy atom. The lowest BCUT2D eigenvalue weighted by atomic mass is 9.82. The summed E-state index contributed by atoms with van der Waals surface area (Å²) in [4.78, 5) is 45.6. The number of hydrogen-bond donors (Lipinski definition) is 3. The van der Waals surface area contributed by atoms with E-state index >= 15 is 0 Å². The molecule has 1 heterocycles. The lowest BCUT2D eigenvalue weighted by molar-refractivity contribution is -0.134. The number of amides is 3. The molecule has 220 valence electrons. The number of carbonyl (C=O) groups excluding carboxylic acids is 3. The fraction of sp³-hybridized carbons (Fsp3) is 0.484. The van der Waals surface area contributed by atoms with Gasteiger partial charge in [-0.1, -0.05) is 67.9 Å². The monoisotopic (exact) mass is 581 g/mol. The SMILES string of the molecule is COC(=O)N[C@@H](Cc1cccc(Cl)c1)C(=O)NCCCC(C1CC1)N1C(=O)[C@@](CC(C)C)(c2ccccc2)N=C1N. The van der Waals surface area contributed by atoms with Gasteiger partial charge in [-0.2, -0.15) is 0 Å². The molecule has 1 unspecified atom stereocenters. The number of methoxy groups -OCH3 is 1. The molecule has 1 aliphatic heterocycles. The average Bonchev–Trinajstić information content (AvgIpc) is 3.75. The fourth-order valence-corrected chi connectivity index (χ4v) is 5.89. The molecule has 2 aromatic carbocycles. The number of nitrogens with one attached hydrogen (secondary N) is 2. The van der Waals surface area contributed by atoms with Crippen LogP contribution in [0.5, 0.6) is 0 Å². The van der Waals surface area contributed by atoms with Crippen LogP contribution in [0, 0.1) is 11.8 Å². The van der Waals surface area contributed by atoms with Crippen LogP contribution in [0.3, 0.4) is 0 Å². The second-order valence-electron chi connectivity index (χ2n) is 11.3. The number of halogens is 1. The van der Waals surface area contributed by atoms with Crippen LogP contribution in [0.25, 0.3) is 0 Å². The van der Waals surface area contributed by atoms with Gasteiger partial charge in [0.2, 0.25) is 5.91 Å². The van der Waals surface area contributed by atoms with Gasteiger partial charge < -0.3 is 21.1 Å². The van der Waals surface area contributed by atoms with Crippen LogP contribution in [-0.2, 0) is 26.3 Å². The lowest BCUT2D eigenvalue weighted by Gasteiger charge is -2.32. The molecule has 3 atom stereocenters. The van der Waals surface area contributed by atoms with Crippen molar-refractivity contribution < 1.29 is 19.1 Å². The molecule has 10 heteroatoms. The van der Waals surface area contributed by atoms with Crippen LogP contribution in [0.1, 0.15) is 57.1 Å². The van der Waals surface area contributed by atoms with E-state index in [1.807, 2.05) is 36.4 Å². The van der Waals surface area contributed by atoms with E-state index in [1.165, 1.54) is 7.11 Å². The van der Waals surface area contributed by atoms with Gasteiger partial charge in [0, 0.05) is 24.0 Å². The second kappa shape index (κ2) is 13.4. The van der Waals surface area contributed by atoms with E-state index in [9.17, 15) is 14.4 Å². The second-order valence-corrected chi connectivity index (χ2v) is 11.8. The number of hydrogen-bond acceptors (Lipinski definition) is 6. The van der Waals surface area contributed by atoms with Gasteiger partial charge in [-0.05, 0) is 67.2 Å².